The summed E-state index contributed by atoms with van der Waals surface area (Å²) < 4.78 is 54.8. The topological polar surface area (TPSA) is 109 Å². The molecule has 0 aliphatic heterocycles. The first-order valence-corrected chi connectivity index (χ1v) is 10.0. The number of esters is 2. The highest BCUT2D eigenvalue weighted by atomic mass is 19.4. The molecule has 184 valence electrons. The van der Waals surface area contributed by atoms with Crippen LogP contribution in [0.25, 0.3) is 5.69 Å². The predicted octanol–water partition coefficient (Wildman–Crippen LogP) is 3.79. The molecule has 1 N–H and O–H groups in total. The van der Waals surface area contributed by atoms with E-state index in [0.717, 1.165) is 16.8 Å². The van der Waals surface area contributed by atoms with E-state index in [0.29, 0.717) is 11.3 Å². The number of amides is 1. The fourth-order valence-electron chi connectivity index (χ4n) is 2.99. The standard InChI is InChI=1S/C23H20F3N3O6/c1-13-7-8-14(21(31)34-3)9-17(13)27-19(30)12-35-22(32)20-18(33-2)11-29(28-20)16-6-4-5-15(10-16)23(24,25)26/h4-11H,12H2,1-3H3,(H,27,30). The zero-order valence-electron chi connectivity index (χ0n) is 18.8. The quantitative estimate of drug-likeness (QED) is 0.501. The number of benzene rings is 2. The van der Waals surface area contributed by atoms with E-state index in [1.807, 2.05) is 0 Å². The van der Waals surface area contributed by atoms with Gasteiger partial charge in [-0.15, -0.1) is 0 Å². The van der Waals surface area contributed by atoms with Crippen molar-refractivity contribution >= 4 is 23.5 Å². The van der Waals surface area contributed by atoms with Gasteiger partial charge in [0.05, 0.1) is 37.2 Å². The van der Waals surface area contributed by atoms with Crippen LogP contribution in [0.5, 0.6) is 5.75 Å². The van der Waals surface area contributed by atoms with Crippen LogP contribution in [0.3, 0.4) is 0 Å². The van der Waals surface area contributed by atoms with E-state index in [4.69, 9.17) is 9.47 Å². The van der Waals surface area contributed by atoms with Gasteiger partial charge in [0.1, 0.15) is 0 Å². The monoisotopic (exact) mass is 491 g/mol. The first-order chi connectivity index (χ1) is 16.5. The molecule has 0 saturated heterocycles. The van der Waals surface area contributed by atoms with E-state index in [1.54, 1.807) is 13.0 Å². The molecule has 0 fully saturated rings. The highest BCUT2D eigenvalue weighted by Crippen LogP contribution is 2.31. The van der Waals surface area contributed by atoms with Gasteiger partial charge in [0.2, 0.25) is 5.69 Å². The molecule has 35 heavy (non-hydrogen) atoms. The van der Waals surface area contributed by atoms with Gasteiger partial charge in [0.15, 0.2) is 12.4 Å². The van der Waals surface area contributed by atoms with Crippen LogP contribution in [-0.2, 0) is 20.4 Å². The van der Waals surface area contributed by atoms with Crippen molar-refractivity contribution in [1.29, 1.82) is 0 Å². The lowest BCUT2D eigenvalue weighted by Crippen LogP contribution is -2.22. The maximum absolute atomic E-state index is 13.0. The van der Waals surface area contributed by atoms with Gasteiger partial charge in [-0.05, 0) is 42.8 Å². The summed E-state index contributed by atoms with van der Waals surface area (Å²) in [6.07, 6.45) is -3.34. The molecule has 2 aromatic carbocycles. The molecule has 1 heterocycles. The molecule has 12 heteroatoms. The van der Waals surface area contributed by atoms with E-state index in [-0.39, 0.29) is 22.7 Å². The third kappa shape index (κ3) is 5.96. The van der Waals surface area contributed by atoms with E-state index < -0.39 is 36.2 Å². The second kappa shape index (κ2) is 10.3. The lowest BCUT2D eigenvalue weighted by atomic mass is 10.1. The van der Waals surface area contributed by atoms with Crippen LogP contribution >= 0.6 is 0 Å². The third-order valence-electron chi connectivity index (χ3n) is 4.80. The van der Waals surface area contributed by atoms with Crippen LogP contribution in [-0.4, -0.2) is 48.5 Å². The molecule has 1 aromatic heterocycles. The number of rotatable bonds is 7. The zero-order chi connectivity index (χ0) is 25.8. The Labute approximate surface area is 197 Å². The van der Waals surface area contributed by atoms with Crippen LogP contribution in [0, 0.1) is 6.92 Å². The van der Waals surface area contributed by atoms with Gasteiger partial charge in [0.25, 0.3) is 5.91 Å². The van der Waals surface area contributed by atoms with Crippen LogP contribution < -0.4 is 10.1 Å². The lowest BCUT2D eigenvalue weighted by Gasteiger charge is -2.10. The van der Waals surface area contributed by atoms with Gasteiger partial charge in [-0.1, -0.05) is 12.1 Å². The summed E-state index contributed by atoms with van der Waals surface area (Å²) in [5.41, 5.74) is 0.00346. The number of aryl methyl sites for hydroxylation is 1. The van der Waals surface area contributed by atoms with Crippen LogP contribution in [0.4, 0.5) is 18.9 Å². The summed E-state index contributed by atoms with van der Waals surface area (Å²) in [5, 5.41) is 6.49. The number of halogens is 3. The Morgan fingerprint density at radius 1 is 1.06 bits per heavy atom. The number of ether oxygens (including phenoxy) is 3. The molecule has 1 amide bonds. The largest absolute Gasteiger partial charge is 0.493 e. The molecule has 0 radical (unpaired) electrons. The first kappa shape index (κ1) is 25.3. The Bertz CT molecular complexity index is 1270. The molecule has 0 aliphatic carbocycles. The van der Waals surface area contributed by atoms with Gasteiger partial charge < -0.3 is 19.5 Å². The van der Waals surface area contributed by atoms with Crippen molar-refractivity contribution in [3.05, 3.63) is 71.0 Å². The third-order valence-corrected chi connectivity index (χ3v) is 4.80. The Kier molecular flexibility index (Phi) is 7.43. The first-order valence-electron chi connectivity index (χ1n) is 10.0. The van der Waals surface area contributed by atoms with E-state index >= 15 is 0 Å². The number of aromatic nitrogens is 2. The lowest BCUT2D eigenvalue weighted by molar-refractivity contribution is -0.137. The Morgan fingerprint density at radius 2 is 1.80 bits per heavy atom. The van der Waals surface area contributed by atoms with Crippen molar-refractivity contribution in [1.82, 2.24) is 9.78 Å². The van der Waals surface area contributed by atoms with Crippen LogP contribution in [0.2, 0.25) is 0 Å². The van der Waals surface area contributed by atoms with Crippen molar-refractivity contribution in [2.75, 3.05) is 26.1 Å². The predicted molar refractivity (Wildman–Crippen MR) is 117 cm³/mol. The van der Waals surface area contributed by atoms with E-state index in [9.17, 15) is 27.6 Å². The molecule has 0 atom stereocenters. The van der Waals surface area contributed by atoms with Crippen molar-refractivity contribution in [3.63, 3.8) is 0 Å². The number of nitrogens with one attached hydrogen (secondary N) is 1. The zero-order valence-corrected chi connectivity index (χ0v) is 18.8. The van der Waals surface area contributed by atoms with Gasteiger partial charge in [0, 0.05) is 5.69 Å². The Morgan fingerprint density at radius 3 is 2.46 bits per heavy atom. The molecular formula is C23H20F3N3O6. The molecule has 3 rings (SSSR count). The maximum Gasteiger partial charge on any atom is 0.416 e. The van der Waals surface area contributed by atoms with Crippen molar-refractivity contribution in [2.45, 2.75) is 13.1 Å². The number of methoxy groups -OCH3 is 2. The van der Waals surface area contributed by atoms with Gasteiger partial charge >= 0.3 is 18.1 Å². The summed E-state index contributed by atoms with van der Waals surface area (Å²) in [5.74, 6) is -2.37. The van der Waals surface area contributed by atoms with Gasteiger partial charge in [-0.2, -0.15) is 18.3 Å². The SMILES string of the molecule is COC(=O)c1ccc(C)c(NC(=O)COC(=O)c2nn(-c3cccc(C(F)(F)F)c3)cc2OC)c1. The van der Waals surface area contributed by atoms with E-state index in [1.165, 1.54) is 44.7 Å². The summed E-state index contributed by atoms with van der Waals surface area (Å²) in [7, 11) is 2.47. The molecule has 0 unspecified atom stereocenters. The highest BCUT2D eigenvalue weighted by Gasteiger charge is 2.31. The average Bonchev–Trinajstić information content (AvgIpc) is 3.27. The average molecular weight is 491 g/mol. The van der Waals surface area contributed by atoms with Crippen molar-refractivity contribution < 1.29 is 41.8 Å². The molecule has 9 nitrogen and oxygen atoms in total. The number of hydrogen-bond acceptors (Lipinski definition) is 7. The summed E-state index contributed by atoms with van der Waals surface area (Å²) in [6.45, 7) is 1.01. The van der Waals surface area contributed by atoms with Crippen molar-refractivity contribution in [3.8, 4) is 11.4 Å². The molecule has 3 aromatic rings. The number of nitrogens with zero attached hydrogens (tertiary/aromatic N) is 2. The molecule has 0 saturated carbocycles. The molecule has 0 spiro atoms. The normalized spacial score (nSPS) is 11.0. The molecule has 0 bridgehead atoms. The molecule has 0 aliphatic rings. The number of carbonyl (C=O) groups is 3. The van der Waals surface area contributed by atoms with Crippen LogP contribution in [0.1, 0.15) is 32.0 Å². The van der Waals surface area contributed by atoms with Crippen molar-refractivity contribution in [2.24, 2.45) is 0 Å². The van der Waals surface area contributed by atoms with E-state index in [2.05, 4.69) is 15.2 Å². The molecular weight excluding hydrogens is 471 g/mol. The fourth-order valence-corrected chi connectivity index (χ4v) is 2.99. The minimum absolute atomic E-state index is 0.0379. The Hall–Kier alpha value is -4.35. The van der Waals surface area contributed by atoms with Gasteiger partial charge in [-0.3, -0.25) is 4.79 Å². The minimum Gasteiger partial charge on any atom is -0.493 e. The maximum atomic E-state index is 13.0. The van der Waals surface area contributed by atoms with Crippen LogP contribution in [0.15, 0.2) is 48.7 Å². The minimum atomic E-state index is -4.56. The number of anilines is 1. The highest BCUT2D eigenvalue weighted by molar-refractivity contribution is 5.97. The summed E-state index contributed by atoms with van der Waals surface area (Å²) >= 11 is 0. The summed E-state index contributed by atoms with van der Waals surface area (Å²) in [4.78, 5) is 36.5. The number of carbonyl (C=O) groups excluding carboxylic acids is 3. The van der Waals surface area contributed by atoms with Gasteiger partial charge in [-0.25, -0.2) is 14.3 Å². The number of hydrogen-bond donors (Lipinski definition) is 1. The smallest absolute Gasteiger partial charge is 0.416 e. The second-order valence-corrected chi connectivity index (χ2v) is 7.18. The fraction of sp³-hybridized carbons (Fsp3) is 0.217. The summed E-state index contributed by atoms with van der Waals surface area (Å²) in [6, 6.07) is 8.89. The second-order valence-electron chi connectivity index (χ2n) is 7.18. The Balaban J connectivity index is 1.72. The number of alkyl halides is 3.